The number of nitrogens with zero attached hydrogens (tertiary/aromatic N) is 3. The number of carbonyl (C=O) groups is 1. The highest BCUT2D eigenvalue weighted by Gasteiger charge is 2.18. The second-order valence-electron chi connectivity index (χ2n) is 10.2. The van der Waals surface area contributed by atoms with Gasteiger partial charge in [-0.3, -0.25) is 14.5 Å². The third kappa shape index (κ3) is 5.32. The van der Waals surface area contributed by atoms with Crippen molar-refractivity contribution in [1.82, 2.24) is 19.8 Å². The van der Waals surface area contributed by atoms with Crippen LogP contribution >= 0.6 is 0 Å². The van der Waals surface area contributed by atoms with Crippen LogP contribution in [0.1, 0.15) is 21.5 Å². The molecule has 7 nitrogen and oxygen atoms in total. The molecule has 3 heterocycles. The maximum atomic E-state index is 13.3. The number of hydrogen-bond donors (Lipinski definition) is 2. The van der Waals surface area contributed by atoms with Gasteiger partial charge in [0.05, 0.1) is 5.69 Å². The van der Waals surface area contributed by atoms with Gasteiger partial charge in [-0.25, -0.2) is 4.98 Å². The van der Waals surface area contributed by atoms with E-state index in [-0.39, 0.29) is 11.3 Å². The lowest BCUT2D eigenvalue weighted by molar-refractivity contribution is 0.0989. The average molecular weight is 518 g/mol. The van der Waals surface area contributed by atoms with Crippen molar-refractivity contribution < 1.29 is 4.79 Å². The van der Waals surface area contributed by atoms with Crippen molar-refractivity contribution in [3.05, 3.63) is 112 Å². The van der Waals surface area contributed by atoms with E-state index in [9.17, 15) is 9.59 Å². The number of aromatic amines is 1. The Bertz CT molecular complexity index is 1700. The number of ketones is 1. The van der Waals surface area contributed by atoms with Crippen LogP contribution in [0.5, 0.6) is 0 Å². The van der Waals surface area contributed by atoms with Gasteiger partial charge in [0.15, 0.2) is 5.78 Å². The summed E-state index contributed by atoms with van der Waals surface area (Å²) in [7, 11) is 2.15. The summed E-state index contributed by atoms with van der Waals surface area (Å²) in [5.74, 6) is 0.135. The number of likely N-dealkylation sites (N-methyl/N-ethyl adjacent to an activating group) is 1. The Balaban J connectivity index is 1.19. The summed E-state index contributed by atoms with van der Waals surface area (Å²) in [4.78, 5) is 37.8. The normalized spacial score (nSPS) is 14.6. The van der Waals surface area contributed by atoms with Gasteiger partial charge in [-0.05, 0) is 42.4 Å². The smallest absolute Gasteiger partial charge is 0.257 e. The van der Waals surface area contributed by atoms with Crippen molar-refractivity contribution in [3.8, 4) is 0 Å². The standard InChI is InChI=1S/C32H31N5O2/c1-36-16-18-37(19-17-36)21-23-6-2-3-7-25(23)29(38)20-22-10-12-24(13-11-22)34-28-14-15-33-31-30(28)26-8-4-5-9-27(26)32(39)35-31/h2-15H,16-21H2,1H3,(H2,33,34,35,39). The van der Waals surface area contributed by atoms with Crippen LogP contribution in [0.4, 0.5) is 11.4 Å². The molecule has 2 aromatic heterocycles. The first-order valence-electron chi connectivity index (χ1n) is 13.3. The number of pyridine rings is 2. The van der Waals surface area contributed by atoms with Crippen LogP contribution in [0.15, 0.2) is 89.9 Å². The van der Waals surface area contributed by atoms with Gasteiger partial charge in [-0.15, -0.1) is 0 Å². The Morgan fingerprint density at radius 1 is 0.897 bits per heavy atom. The molecule has 0 spiro atoms. The van der Waals surface area contributed by atoms with Gasteiger partial charge in [-0.2, -0.15) is 0 Å². The second-order valence-corrected chi connectivity index (χ2v) is 10.2. The molecule has 0 amide bonds. The van der Waals surface area contributed by atoms with Crippen molar-refractivity contribution in [2.24, 2.45) is 0 Å². The van der Waals surface area contributed by atoms with Crippen LogP contribution in [0, 0.1) is 0 Å². The molecule has 1 saturated heterocycles. The third-order valence-electron chi connectivity index (χ3n) is 7.53. The van der Waals surface area contributed by atoms with E-state index < -0.39 is 0 Å². The molecular formula is C32H31N5O2. The van der Waals surface area contributed by atoms with E-state index in [2.05, 4.69) is 38.2 Å². The predicted octanol–water partition coefficient (Wildman–Crippen LogP) is 4.99. The SMILES string of the molecule is CN1CCN(Cc2ccccc2C(=O)Cc2ccc(Nc3ccnc4[nH]c(=O)c5ccccc5c34)cc2)CC1. The van der Waals surface area contributed by atoms with Gasteiger partial charge in [-0.1, -0.05) is 54.6 Å². The lowest BCUT2D eigenvalue weighted by Crippen LogP contribution is -2.44. The molecule has 7 heteroatoms. The van der Waals surface area contributed by atoms with E-state index >= 15 is 0 Å². The lowest BCUT2D eigenvalue weighted by Gasteiger charge is -2.32. The molecule has 5 aromatic rings. The van der Waals surface area contributed by atoms with E-state index in [1.54, 1.807) is 6.20 Å². The zero-order valence-electron chi connectivity index (χ0n) is 22.0. The zero-order valence-corrected chi connectivity index (χ0v) is 22.0. The van der Waals surface area contributed by atoms with Crippen molar-refractivity contribution >= 4 is 39.0 Å². The van der Waals surface area contributed by atoms with Crippen molar-refractivity contribution in [2.45, 2.75) is 13.0 Å². The Morgan fingerprint density at radius 3 is 2.41 bits per heavy atom. The van der Waals surface area contributed by atoms with Gasteiger partial charge in [0.2, 0.25) is 0 Å². The molecule has 1 fully saturated rings. The molecule has 0 radical (unpaired) electrons. The number of benzene rings is 3. The highest BCUT2D eigenvalue weighted by molar-refractivity contribution is 6.10. The largest absolute Gasteiger partial charge is 0.355 e. The molecule has 0 aliphatic carbocycles. The minimum Gasteiger partial charge on any atom is -0.355 e. The molecule has 3 aromatic carbocycles. The summed E-state index contributed by atoms with van der Waals surface area (Å²) in [5.41, 5.74) is 5.01. The molecule has 196 valence electrons. The van der Waals surface area contributed by atoms with Crippen LogP contribution in [-0.2, 0) is 13.0 Å². The quantitative estimate of drug-likeness (QED) is 0.234. The van der Waals surface area contributed by atoms with E-state index in [1.165, 1.54) is 0 Å². The summed E-state index contributed by atoms with van der Waals surface area (Å²) in [6.45, 7) is 4.95. The first-order valence-corrected chi connectivity index (χ1v) is 13.3. The number of aromatic nitrogens is 2. The fourth-order valence-electron chi connectivity index (χ4n) is 5.33. The highest BCUT2D eigenvalue weighted by Crippen LogP contribution is 2.29. The van der Waals surface area contributed by atoms with Crippen LogP contribution in [-0.4, -0.2) is 58.8 Å². The number of nitrogens with one attached hydrogen (secondary N) is 2. The maximum absolute atomic E-state index is 13.3. The Kier molecular flexibility index (Phi) is 6.92. The second kappa shape index (κ2) is 10.8. The van der Waals surface area contributed by atoms with Gasteiger partial charge < -0.3 is 15.2 Å². The molecule has 0 bridgehead atoms. The molecule has 0 unspecified atom stereocenters. The number of fused-ring (bicyclic) bond motifs is 3. The number of rotatable bonds is 7. The number of carbonyl (C=O) groups excluding carboxylic acids is 1. The summed E-state index contributed by atoms with van der Waals surface area (Å²) < 4.78 is 0. The molecule has 0 atom stereocenters. The first-order chi connectivity index (χ1) is 19.0. The highest BCUT2D eigenvalue weighted by atomic mass is 16.1. The topological polar surface area (TPSA) is 81.3 Å². The van der Waals surface area contributed by atoms with Crippen LogP contribution < -0.4 is 10.9 Å². The number of piperazine rings is 1. The Morgan fingerprint density at radius 2 is 1.62 bits per heavy atom. The number of anilines is 2. The van der Waals surface area contributed by atoms with Crippen LogP contribution in [0.3, 0.4) is 0 Å². The van der Waals surface area contributed by atoms with E-state index in [0.29, 0.717) is 17.5 Å². The molecule has 39 heavy (non-hydrogen) atoms. The fourth-order valence-corrected chi connectivity index (χ4v) is 5.33. The third-order valence-corrected chi connectivity index (χ3v) is 7.53. The summed E-state index contributed by atoms with van der Waals surface area (Å²) in [6.07, 6.45) is 2.03. The van der Waals surface area contributed by atoms with E-state index in [1.807, 2.05) is 72.8 Å². The fraction of sp³-hybridized carbons (Fsp3) is 0.219. The predicted molar refractivity (Wildman–Crippen MR) is 157 cm³/mol. The molecule has 6 rings (SSSR count). The van der Waals surface area contributed by atoms with Gasteiger partial charge in [0.1, 0.15) is 5.65 Å². The van der Waals surface area contributed by atoms with Crippen molar-refractivity contribution in [1.29, 1.82) is 0 Å². The molecule has 0 saturated carbocycles. The van der Waals surface area contributed by atoms with Crippen LogP contribution in [0.25, 0.3) is 21.8 Å². The molecule has 2 N–H and O–H groups in total. The maximum Gasteiger partial charge on any atom is 0.257 e. The van der Waals surface area contributed by atoms with Gasteiger partial charge in [0.25, 0.3) is 5.56 Å². The molecule has 1 aliphatic rings. The monoisotopic (exact) mass is 517 g/mol. The molecule has 1 aliphatic heterocycles. The van der Waals surface area contributed by atoms with Crippen LogP contribution in [0.2, 0.25) is 0 Å². The minimum absolute atomic E-state index is 0.135. The minimum atomic E-state index is -0.151. The van der Waals surface area contributed by atoms with E-state index in [4.69, 9.17) is 0 Å². The summed E-state index contributed by atoms with van der Waals surface area (Å²) in [5, 5.41) is 5.82. The number of Topliss-reactive ketones (excluding diaryl/α,β-unsaturated/α-hetero) is 1. The Labute approximate surface area is 227 Å². The van der Waals surface area contributed by atoms with Gasteiger partial charge >= 0.3 is 0 Å². The first kappa shape index (κ1) is 25.0. The molecular weight excluding hydrogens is 486 g/mol. The number of hydrogen-bond acceptors (Lipinski definition) is 6. The number of H-pyrrole nitrogens is 1. The van der Waals surface area contributed by atoms with Gasteiger partial charge in [0, 0.05) is 72.8 Å². The van der Waals surface area contributed by atoms with Crippen molar-refractivity contribution in [2.75, 3.05) is 38.5 Å². The Hall–Kier alpha value is -4.33. The lowest BCUT2D eigenvalue weighted by atomic mass is 9.98. The van der Waals surface area contributed by atoms with E-state index in [0.717, 1.165) is 71.6 Å². The summed E-state index contributed by atoms with van der Waals surface area (Å²) >= 11 is 0. The average Bonchev–Trinajstić information content (AvgIpc) is 2.96. The summed E-state index contributed by atoms with van der Waals surface area (Å²) in [6, 6.07) is 25.4. The van der Waals surface area contributed by atoms with Crippen molar-refractivity contribution in [3.63, 3.8) is 0 Å². The zero-order chi connectivity index (χ0) is 26.8.